The van der Waals surface area contributed by atoms with E-state index in [0.717, 1.165) is 19.3 Å². The van der Waals surface area contributed by atoms with Crippen LogP contribution in [0.15, 0.2) is 12.1 Å². The lowest BCUT2D eigenvalue weighted by Crippen LogP contribution is -2.38. The van der Waals surface area contributed by atoms with Crippen molar-refractivity contribution in [2.24, 2.45) is 5.92 Å². The van der Waals surface area contributed by atoms with Crippen LogP contribution in [-0.2, 0) is 0 Å². The number of hydrogen-bond donors (Lipinski definition) is 2. The Balaban J connectivity index is 2.11. The quantitative estimate of drug-likeness (QED) is 0.807. The van der Waals surface area contributed by atoms with Gasteiger partial charge in [-0.15, -0.1) is 0 Å². The number of amides is 1. The van der Waals surface area contributed by atoms with Crippen molar-refractivity contribution in [2.45, 2.75) is 45.6 Å². The molecular weight excluding hydrogens is 243 g/mol. The lowest BCUT2D eigenvalue weighted by molar-refractivity contribution is 0.0917. The minimum atomic E-state index is -0.476. The van der Waals surface area contributed by atoms with Crippen molar-refractivity contribution in [3.63, 3.8) is 0 Å². The van der Waals surface area contributed by atoms with Gasteiger partial charge in [-0.1, -0.05) is 19.8 Å². The number of rotatable bonds is 2. The monoisotopic (exact) mass is 264 g/mol. The minimum Gasteiger partial charge on any atom is -0.399 e. The lowest BCUT2D eigenvalue weighted by Gasteiger charge is -2.27. The molecule has 3 nitrogen and oxygen atoms in total. The maximum atomic E-state index is 13.9. The Morgan fingerprint density at radius 3 is 2.84 bits per heavy atom. The smallest absolute Gasteiger partial charge is 0.254 e. The van der Waals surface area contributed by atoms with Gasteiger partial charge in [0.25, 0.3) is 5.91 Å². The van der Waals surface area contributed by atoms with E-state index in [2.05, 4.69) is 12.2 Å². The zero-order chi connectivity index (χ0) is 14.0. The molecule has 19 heavy (non-hydrogen) atoms. The first-order valence-electron chi connectivity index (χ1n) is 6.84. The number of carbonyl (C=O) groups is 1. The van der Waals surface area contributed by atoms with Crippen molar-refractivity contribution in [1.29, 1.82) is 0 Å². The molecule has 3 N–H and O–H groups in total. The molecule has 1 aromatic rings. The zero-order valence-electron chi connectivity index (χ0n) is 11.5. The summed E-state index contributed by atoms with van der Waals surface area (Å²) in [5, 5.41) is 2.93. The van der Waals surface area contributed by atoms with E-state index in [0.29, 0.717) is 17.2 Å². The predicted octanol–water partition coefficient (Wildman–Crippen LogP) is 3.02. The third kappa shape index (κ3) is 3.25. The fraction of sp³-hybridized carbons (Fsp3) is 0.533. The van der Waals surface area contributed by atoms with Gasteiger partial charge in [-0.25, -0.2) is 4.39 Å². The Kier molecular flexibility index (Phi) is 4.08. The van der Waals surface area contributed by atoms with E-state index in [1.807, 2.05) is 0 Å². The van der Waals surface area contributed by atoms with Gasteiger partial charge >= 0.3 is 0 Å². The zero-order valence-corrected chi connectivity index (χ0v) is 11.5. The van der Waals surface area contributed by atoms with Crippen LogP contribution in [-0.4, -0.2) is 11.9 Å². The number of aryl methyl sites for hydroxylation is 1. The first-order chi connectivity index (χ1) is 8.97. The highest BCUT2D eigenvalue weighted by Crippen LogP contribution is 2.24. The third-order valence-electron chi connectivity index (χ3n) is 3.79. The van der Waals surface area contributed by atoms with Crippen molar-refractivity contribution in [1.82, 2.24) is 5.32 Å². The van der Waals surface area contributed by atoms with Gasteiger partial charge in [0.1, 0.15) is 5.82 Å². The summed E-state index contributed by atoms with van der Waals surface area (Å²) in [6.45, 7) is 3.80. The fourth-order valence-electron chi connectivity index (χ4n) is 2.79. The van der Waals surface area contributed by atoms with Crippen molar-refractivity contribution in [3.05, 3.63) is 29.1 Å². The summed E-state index contributed by atoms with van der Waals surface area (Å²) in [5.74, 6) is -0.214. The van der Waals surface area contributed by atoms with E-state index in [1.165, 1.54) is 18.6 Å². The summed E-state index contributed by atoms with van der Waals surface area (Å²) in [6.07, 6.45) is 4.26. The van der Waals surface area contributed by atoms with E-state index >= 15 is 0 Å². The van der Waals surface area contributed by atoms with Crippen molar-refractivity contribution in [2.75, 3.05) is 5.73 Å². The van der Waals surface area contributed by atoms with Crippen LogP contribution < -0.4 is 11.1 Å². The SMILES string of the molecule is Cc1cc(N)cc(C(=O)NC2CCCC(C)C2)c1F. The van der Waals surface area contributed by atoms with Gasteiger partial charge in [0.2, 0.25) is 0 Å². The Bertz CT molecular complexity index is 487. The molecule has 104 valence electrons. The van der Waals surface area contributed by atoms with Gasteiger partial charge in [-0.3, -0.25) is 4.79 Å². The number of anilines is 1. The van der Waals surface area contributed by atoms with E-state index in [9.17, 15) is 9.18 Å². The van der Waals surface area contributed by atoms with Crippen LogP contribution in [0.5, 0.6) is 0 Å². The maximum Gasteiger partial charge on any atom is 0.254 e. The molecule has 0 spiro atoms. The van der Waals surface area contributed by atoms with Gasteiger partial charge < -0.3 is 11.1 Å². The van der Waals surface area contributed by atoms with E-state index < -0.39 is 5.82 Å². The van der Waals surface area contributed by atoms with Crippen molar-refractivity contribution in [3.8, 4) is 0 Å². The summed E-state index contributed by atoms with van der Waals surface area (Å²) in [7, 11) is 0. The lowest BCUT2D eigenvalue weighted by atomic mass is 9.87. The van der Waals surface area contributed by atoms with Crippen LogP contribution in [0.4, 0.5) is 10.1 Å². The largest absolute Gasteiger partial charge is 0.399 e. The van der Waals surface area contributed by atoms with E-state index in [4.69, 9.17) is 5.73 Å². The van der Waals surface area contributed by atoms with Crippen LogP contribution in [0, 0.1) is 18.7 Å². The van der Waals surface area contributed by atoms with Crippen LogP contribution in [0.1, 0.15) is 48.5 Å². The molecule has 0 radical (unpaired) electrons. The first-order valence-corrected chi connectivity index (χ1v) is 6.84. The topological polar surface area (TPSA) is 55.1 Å². The summed E-state index contributed by atoms with van der Waals surface area (Å²) < 4.78 is 13.9. The molecule has 1 fully saturated rings. The number of nitrogen functional groups attached to an aromatic ring is 1. The summed E-state index contributed by atoms with van der Waals surface area (Å²) >= 11 is 0. The highest BCUT2D eigenvalue weighted by Gasteiger charge is 2.22. The number of hydrogen-bond acceptors (Lipinski definition) is 2. The first kappa shape index (κ1) is 13.8. The molecule has 1 saturated carbocycles. The third-order valence-corrected chi connectivity index (χ3v) is 3.79. The molecule has 0 heterocycles. The molecule has 0 saturated heterocycles. The normalized spacial score (nSPS) is 23.1. The molecule has 1 aliphatic carbocycles. The maximum absolute atomic E-state index is 13.9. The highest BCUT2D eigenvalue weighted by atomic mass is 19.1. The average Bonchev–Trinajstić information content (AvgIpc) is 2.33. The molecule has 0 aromatic heterocycles. The van der Waals surface area contributed by atoms with Gasteiger partial charge in [0.15, 0.2) is 0 Å². The number of carbonyl (C=O) groups excluding carboxylic acids is 1. The van der Waals surface area contributed by atoms with Crippen LogP contribution in [0.25, 0.3) is 0 Å². The Labute approximate surface area is 113 Å². The molecular formula is C15H21FN2O. The van der Waals surface area contributed by atoms with Crippen molar-refractivity contribution >= 4 is 11.6 Å². The molecule has 2 unspecified atom stereocenters. The second-order valence-corrected chi connectivity index (χ2v) is 5.64. The number of halogens is 1. The van der Waals surface area contributed by atoms with E-state index in [-0.39, 0.29) is 17.5 Å². The molecule has 0 bridgehead atoms. The van der Waals surface area contributed by atoms with Crippen LogP contribution in [0.2, 0.25) is 0 Å². The van der Waals surface area contributed by atoms with E-state index in [1.54, 1.807) is 6.92 Å². The summed E-state index contributed by atoms with van der Waals surface area (Å²) in [6, 6.07) is 3.09. The number of nitrogens with one attached hydrogen (secondary N) is 1. The molecule has 2 atom stereocenters. The second kappa shape index (κ2) is 5.59. The minimum absolute atomic E-state index is 0.0516. The Morgan fingerprint density at radius 2 is 2.16 bits per heavy atom. The summed E-state index contributed by atoms with van der Waals surface area (Å²) in [4.78, 5) is 12.1. The number of nitrogens with two attached hydrogens (primary N) is 1. The molecule has 2 rings (SSSR count). The van der Waals surface area contributed by atoms with Gasteiger partial charge in [-0.2, -0.15) is 0 Å². The molecule has 4 heteroatoms. The molecule has 1 amide bonds. The van der Waals surface area contributed by atoms with Gasteiger partial charge in [0.05, 0.1) is 5.56 Å². The average molecular weight is 264 g/mol. The number of benzene rings is 1. The van der Waals surface area contributed by atoms with Gasteiger partial charge in [-0.05, 0) is 43.4 Å². The fourth-order valence-corrected chi connectivity index (χ4v) is 2.79. The predicted molar refractivity (Wildman–Crippen MR) is 74.4 cm³/mol. The van der Waals surface area contributed by atoms with Crippen LogP contribution in [0.3, 0.4) is 0 Å². The van der Waals surface area contributed by atoms with Gasteiger partial charge in [0, 0.05) is 11.7 Å². The Hall–Kier alpha value is -1.58. The van der Waals surface area contributed by atoms with Crippen molar-refractivity contribution < 1.29 is 9.18 Å². The van der Waals surface area contributed by atoms with Crippen LogP contribution >= 0.6 is 0 Å². The second-order valence-electron chi connectivity index (χ2n) is 5.64. The molecule has 1 aromatic carbocycles. The Morgan fingerprint density at radius 1 is 1.42 bits per heavy atom. The summed E-state index contributed by atoms with van der Waals surface area (Å²) in [5.41, 5.74) is 6.55. The molecule has 1 aliphatic rings. The molecule has 0 aliphatic heterocycles. The standard InChI is InChI=1S/C15H21FN2O/c1-9-4-3-5-12(6-9)18-15(19)13-8-11(17)7-10(2)14(13)16/h7-9,12H,3-6,17H2,1-2H3,(H,18,19). The highest BCUT2D eigenvalue weighted by molar-refractivity contribution is 5.95.